The second kappa shape index (κ2) is 6.75. The zero-order valence-electron chi connectivity index (χ0n) is 12.2. The van der Waals surface area contributed by atoms with Gasteiger partial charge in [-0.25, -0.2) is 4.79 Å². The highest BCUT2D eigenvalue weighted by Crippen LogP contribution is 2.13. The molecule has 1 aromatic carbocycles. The van der Waals surface area contributed by atoms with Gasteiger partial charge < -0.3 is 10.1 Å². The lowest BCUT2D eigenvalue weighted by Crippen LogP contribution is -2.43. The van der Waals surface area contributed by atoms with Crippen LogP contribution in [0.5, 0.6) is 0 Å². The monoisotopic (exact) mass is 297 g/mol. The molecule has 1 atom stereocenters. The number of ketones is 1. The molecule has 1 amide bonds. The summed E-state index contributed by atoms with van der Waals surface area (Å²) in [6.45, 7) is 7.15. The van der Waals surface area contributed by atoms with Gasteiger partial charge in [0.1, 0.15) is 5.60 Å². The van der Waals surface area contributed by atoms with Crippen molar-refractivity contribution in [2.45, 2.75) is 45.8 Å². The Morgan fingerprint density at radius 3 is 2.25 bits per heavy atom. The van der Waals surface area contributed by atoms with Gasteiger partial charge in [-0.3, -0.25) is 4.79 Å². The first-order valence-electron chi connectivity index (χ1n) is 6.52. The molecule has 0 heterocycles. The summed E-state index contributed by atoms with van der Waals surface area (Å²) in [5.41, 5.74) is -0.0802. The molecule has 0 aliphatic heterocycles. The van der Waals surface area contributed by atoms with Gasteiger partial charge in [0.05, 0.1) is 6.04 Å². The maximum absolute atomic E-state index is 12.3. The van der Waals surface area contributed by atoms with Crippen LogP contribution < -0.4 is 5.32 Å². The van der Waals surface area contributed by atoms with E-state index < -0.39 is 17.7 Å². The van der Waals surface area contributed by atoms with Crippen LogP contribution in [0.2, 0.25) is 5.02 Å². The minimum atomic E-state index is -0.606. The van der Waals surface area contributed by atoms with Crippen molar-refractivity contribution in [3.63, 3.8) is 0 Å². The highest BCUT2D eigenvalue weighted by molar-refractivity contribution is 6.30. The van der Waals surface area contributed by atoms with Crippen molar-refractivity contribution in [2.24, 2.45) is 0 Å². The number of rotatable bonds is 4. The first-order valence-corrected chi connectivity index (χ1v) is 6.90. The van der Waals surface area contributed by atoms with E-state index in [1.54, 1.807) is 45.0 Å². The third-order valence-corrected chi connectivity index (χ3v) is 2.80. The maximum Gasteiger partial charge on any atom is 0.408 e. The number of benzene rings is 1. The molecule has 0 bridgehead atoms. The third-order valence-electron chi connectivity index (χ3n) is 2.54. The van der Waals surface area contributed by atoms with Crippen molar-refractivity contribution in [1.82, 2.24) is 5.32 Å². The fourth-order valence-corrected chi connectivity index (χ4v) is 1.74. The molecule has 0 radical (unpaired) electrons. The molecule has 0 saturated carbocycles. The minimum Gasteiger partial charge on any atom is -0.444 e. The maximum atomic E-state index is 12.3. The average Bonchev–Trinajstić information content (AvgIpc) is 2.34. The van der Waals surface area contributed by atoms with Crippen molar-refractivity contribution in [3.8, 4) is 0 Å². The molecule has 1 N–H and O–H groups in total. The SMILES string of the molecule is CCC(NC(=O)OC(C)(C)C)C(=O)c1ccc(Cl)cc1. The molecular formula is C15H20ClNO3. The fraction of sp³-hybridized carbons (Fsp3) is 0.467. The first kappa shape index (κ1) is 16.5. The molecular weight excluding hydrogens is 278 g/mol. The van der Waals surface area contributed by atoms with Gasteiger partial charge >= 0.3 is 6.09 Å². The van der Waals surface area contributed by atoms with Crippen molar-refractivity contribution in [2.75, 3.05) is 0 Å². The molecule has 1 aromatic rings. The van der Waals surface area contributed by atoms with Crippen molar-refractivity contribution in [1.29, 1.82) is 0 Å². The van der Waals surface area contributed by atoms with Gasteiger partial charge in [0, 0.05) is 10.6 Å². The molecule has 1 rings (SSSR count). The molecule has 0 aromatic heterocycles. The summed E-state index contributed by atoms with van der Waals surface area (Å²) in [7, 11) is 0. The second-order valence-electron chi connectivity index (χ2n) is 5.48. The number of carbonyl (C=O) groups is 2. The van der Waals surface area contributed by atoms with Crippen LogP contribution in [0.1, 0.15) is 44.5 Å². The molecule has 0 saturated heterocycles. The van der Waals surface area contributed by atoms with E-state index in [9.17, 15) is 9.59 Å². The highest BCUT2D eigenvalue weighted by atomic mass is 35.5. The lowest BCUT2D eigenvalue weighted by atomic mass is 10.0. The number of carbonyl (C=O) groups excluding carboxylic acids is 2. The van der Waals surface area contributed by atoms with Crippen LogP contribution >= 0.6 is 11.6 Å². The Morgan fingerprint density at radius 1 is 1.25 bits per heavy atom. The third kappa shape index (κ3) is 5.21. The standard InChI is InChI=1S/C15H20ClNO3/c1-5-12(17-14(19)20-15(2,3)4)13(18)10-6-8-11(16)9-7-10/h6-9,12H,5H2,1-4H3,(H,17,19). The van der Waals surface area contributed by atoms with E-state index in [-0.39, 0.29) is 5.78 Å². The minimum absolute atomic E-state index is 0.157. The predicted octanol–water partition coefficient (Wildman–Crippen LogP) is 3.83. The van der Waals surface area contributed by atoms with Gasteiger partial charge in [-0.2, -0.15) is 0 Å². The van der Waals surface area contributed by atoms with E-state index in [1.165, 1.54) is 0 Å². The van der Waals surface area contributed by atoms with Gasteiger partial charge in [-0.15, -0.1) is 0 Å². The number of hydrogen-bond acceptors (Lipinski definition) is 3. The Bertz CT molecular complexity index is 477. The number of nitrogens with one attached hydrogen (secondary N) is 1. The molecule has 4 nitrogen and oxygen atoms in total. The molecule has 110 valence electrons. The molecule has 0 aliphatic rings. The molecule has 5 heteroatoms. The molecule has 0 aliphatic carbocycles. The summed E-state index contributed by atoms with van der Waals surface area (Å²) in [4.78, 5) is 24.0. The number of ether oxygens (including phenoxy) is 1. The highest BCUT2D eigenvalue weighted by Gasteiger charge is 2.23. The van der Waals surface area contributed by atoms with Crippen LogP contribution in [0, 0.1) is 0 Å². The largest absolute Gasteiger partial charge is 0.444 e. The topological polar surface area (TPSA) is 55.4 Å². The van der Waals surface area contributed by atoms with E-state index in [2.05, 4.69) is 5.32 Å². The number of Topliss-reactive ketones (excluding diaryl/α,β-unsaturated/α-hetero) is 1. The van der Waals surface area contributed by atoms with Gasteiger partial charge in [0.2, 0.25) is 0 Å². The second-order valence-corrected chi connectivity index (χ2v) is 5.91. The smallest absolute Gasteiger partial charge is 0.408 e. The summed E-state index contributed by atoms with van der Waals surface area (Å²) in [6, 6.07) is 5.98. The number of amides is 1. The van der Waals surface area contributed by atoms with Crippen LogP contribution in [0.25, 0.3) is 0 Å². The average molecular weight is 298 g/mol. The van der Waals surface area contributed by atoms with Crippen LogP contribution in [0.15, 0.2) is 24.3 Å². The predicted molar refractivity (Wildman–Crippen MR) is 79.2 cm³/mol. The number of hydrogen-bond donors (Lipinski definition) is 1. The number of halogens is 1. The summed E-state index contributed by atoms with van der Waals surface area (Å²) < 4.78 is 5.15. The fourth-order valence-electron chi connectivity index (χ4n) is 1.62. The zero-order chi connectivity index (χ0) is 15.3. The number of alkyl carbamates (subject to hydrolysis) is 1. The summed E-state index contributed by atoms with van der Waals surface area (Å²) in [6.07, 6.45) is -0.104. The quantitative estimate of drug-likeness (QED) is 0.859. The Kier molecular flexibility index (Phi) is 5.57. The van der Waals surface area contributed by atoms with E-state index in [0.717, 1.165) is 0 Å². The van der Waals surface area contributed by atoms with Crippen LogP contribution in [-0.2, 0) is 4.74 Å². The van der Waals surface area contributed by atoms with Crippen molar-refractivity contribution in [3.05, 3.63) is 34.9 Å². The zero-order valence-corrected chi connectivity index (χ0v) is 13.0. The summed E-state index contributed by atoms with van der Waals surface area (Å²) in [5, 5.41) is 3.16. The van der Waals surface area contributed by atoms with Crippen molar-refractivity contribution < 1.29 is 14.3 Å². The Morgan fingerprint density at radius 2 is 1.80 bits per heavy atom. The van der Waals surface area contributed by atoms with Crippen molar-refractivity contribution >= 4 is 23.5 Å². The van der Waals surface area contributed by atoms with E-state index in [1.807, 2.05) is 6.92 Å². The molecule has 1 unspecified atom stereocenters. The Balaban J connectivity index is 2.73. The van der Waals surface area contributed by atoms with E-state index >= 15 is 0 Å². The van der Waals surface area contributed by atoms with Crippen LogP contribution in [0.4, 0.5) is 4.79 Å². The molecule has 0 fully saturated rings. The van der Waals surface area contributed by atoms with Gasteiger partial charge in [-0.05, 0) is 51.5 Å². The Hall–Kier alpha value is -1.55. The lowest BCUT2D eigenvalue weighted by molar-refractivity contribution is 0.0490. The Labute approximate surface area is 124 Å². The molecule has 20 heavy (non-hydrogen) atoms. The van der Waals surface area contributed by atoms with E-state index in [4.69, 9.17) is 16.3 Å². The lowest BCUT2D eigenvalue weighted by Gasteiger charge is -2.22. The van der Waals surface area contributed by atoms with E-state index in [0.29, 0.717) is 17.0 Å². The normalized spacial score (nSPS) is 12.7. The molecule has 0 spiro atoms. The van der Waals surface area contributed by atoms with Crippen LogP contribution in [-0.4, -0.2) is 23.5 Å². The first-order chi connectivity index (χ1) is 9.23. The summed E-state index contributed by atoms with van der Waals surface area (Å²) in [5.74, 6) is -0.157. The van der Waals surface area contributed by atoms with Gasteiger partial charge in [-0.1, -0.05) is 18.5 Å². The van der Waals surface area contributed by atoms with Gasteiger partial charge in [0.25, 0.3) is 0 Å². The van der Waals surface area contributed by atoms with Crippen LogP contribution in [0.3, 0.4) is 0 Å². The summed E-state index contributed by atoms with van der Waals surface area (Å²) >= 11 is 5.79. The van der Waals surface area contributed by atoms with Gasteiger partial charge in [0.15, 0.2) is 5.78 Å².